The zero-order valence-corrected chi connectivity index (χ0v) is 12.2. The third kappa shape index (κ3) is 4.86. The monoisotopic (exact) mass is 331 g/mol. The SMILES string of the molecule is CCNC(=O)NC(=O)C(C)Nc1cc(F)ccc1Br. The Hall–Kier alpha value is -1.63. The normalized spacial score (nSPS) is 11.6. The zero-order valence-electron chi connectivity index (χ0n) is 10.6. The summed E-state index contributed by atoms with van der Waals surface area (Å²) in [7, 11) is 0. The Bertz CT molecular complexity index is 482. The van der Waals surface area contributed by atoms with Crippen LogP contribution in [0.2, 0.25) is 0 Å². The maximum Gasteiger partial charge on any atom is 0.321 e. The van der Waals surface area contributed by atoms with Crippen molar-refractivity contribution in [2.45, 2.75) is 19.9 Å². The van der Waals surface area contributed by atoms with Gasteiger partial charge in [0.2, 0.25) is 5.91 Å². The molecule has 0 aliphatic rings. The van der Waals surface area contributed by atoms with E-state index in [4.69, 9.17) is 0 Å². The molecule has 0 bridgehead atoms. The molecule has 0 aromatic heterocycles. The van der Waals surface area contributed by atoms with E-state index in [9.17, 15) is 14.0 Å². The Morgan fingerprint density at radius 2 is 2.11 bits per heavy atom. The highest BCUT2D eigenvalue weighted by molar-refractivity contribution is 9.10. The molecule has 0 saturated heterocycles. The van der Waals surface area contributed by atoms with Crippen LogP contribution in [0.1, 0.15) is 13.8 Å². The number of urea groups is 1. The number of halogens is 2. The van der Waals surface area contributed by atoms with Crippen molar-refractivity contribution >= 4 is 33.6 Å². The quantitative estimate of drug-likeness (QED) is 0.792. The second-order valence-electron chi connectivity index (χ2n) is 3.84. The van der Waals surface area contributed by atoms with Gasteiger partial charge in [-0.05, 0) is 48.0 Å². The molecule has 0 fully saturated rings. The standard InChI is InChI=1S/C12H15BrFN3O2/c1-3-15-12(19)17-11(18)7(2)16-10-6-8(14)4-5-9(10)13/h4-7,16H,3H2,1-2H3,(H2,15,17,18,19). The lowest BCUT2D eigenvalue weighted by molar-refractivity contribution is -0.120. The van der Waals surface area contributed by atoms with E-state index in [1.165, 1.54) is 18.2 Å². The van der Waals surface area contributed by atoms with E-state index in [-0.39, 0.29) is 0 Å². The summed E-state index contributed by atoms with van der Waals surface area (Å²) in [6, 6.07) is 2.86. The molecule has 5 nitrogen and oxygen atoms in total. The summed E-state index contributed by atoms with van der Waals surface area (Å²) >= 11 is 3.24. The molecule has 0 heterocycles. The van der Waals surface area contributed by atoms with E-state index in [1.54, 1.807) is 13.8 Å². The third-order valence-electron chi connectivity index (χ3n) is 2.27. The van der Waals surface area contributed by atoms with E-state index in [0.29, 0.717) is 16.7 Å². The molecule has 0 aliphatic heterocycles. The molecule has 0 saturated carbocycles. The minimum absolute atomic E-state index is 0.415. The van der Waals surface area contributed by atoms with Crippen LogP contribution in [0.4, 0.5) is 14.9 Å². The van der Waals surface area contributed by atoms with Gasteiger partial charge < -0.3 is 10.6 Å². The van der Waals surface area contributed by atoms with Gasteiger partial charge in [0.15, 0.2) is 0 Å². The number of imide groups is 1. The lowest BCUT2D eigenvalue weighted by Crippen LogP contribution is -2.45. The zero-order chi connectivity index (χ0) is 14.4. The number of anilines is 1. The third-order valence-corrected chi connectivity index (χ3v) is 2.96. The highest BCUT2D eigenvalue weighted by Gasteiger charge is 2.16. The summed E-state index contributed by atoms with van der Waals surface area (Å²) in [5, 5.41) is 7.44. The van der Waals surface area contributed by atoms with Gasteiger partial charge in [0.25, 0.3) is 0 Å². The van der Waals surface area contributed by atoms with Crippen LogP contribution in [-0.4, -0.2) is 24.5 Å². The van der Waals surface area contributed by atoms with Gasteiger partial charge in [0, 0.05) is 11.0 Å². The molecule has 19 heavy (non-hydrogen) atoms. The van der Waals surface area contributed by atoms with E-state index < -0.39 is 23.8 Å². The Balaban J connectivity index is 2.63. The van der Waals surface area contributed by atoms with Crippen molar-refractivity contribution in [3.8, 4) is 0 Å². The van der Waals surface area contributed by atoms with Crippen molar-refractivity contribution in [1.82, 2.24) is 10.6 Å². The summed E-state index contributed by atoms with van der Waals surface area (Å²) < 4.78 is 13.7. The Morgan fingerprint density at radius 3 is 2.74 bits per heavy atom. The fourth-order valence-corrected chi connectivity index (χ4v) is 1.69. The lowest BCUT2D eigenvalue weighted by Gasteiger charge is -2.16. The van der Waals surface area contributed by atoms with Crippen molar-refractivity contribution in [3.05, 3.63) is 28.5 Å². The number of nitrogens with one attached hydrogen (secondary N) is 3. The van der Waals surface area contributed by atoms with E-state index in [2.05, 4.69) is 31.9 Å². The molecule has 1 aromatic carbocycles. The van der Waals surface area contributed by atoms with Crippen LogP contribution in [-0.2, 0) is 4.79 Å². The first-order chi connectivity index (χ1) is 8.93. The predicted octanol–water partition coefficient (Wildman–Crippen LogP) is 2.23. The molecule has 3 N–H and O–H groups in total. The van der Waals surface area contributed by atoms with Gasteiger partial charge in [-0.2, -0.15) is 0 Å². The first kappa shape index (κ1) is 15.4. The number of hydrogen-bond donors (Lipinski definition) is 3. The average molecular weight is 332 g/mol. The van der Waals surface area contributed by atoms with Gasteiger partial charge in [0.1, 0.15) is 11.9 Å². The molecular formula is C12H15BrFN3O2. The Labute approximate surface area is 119 Å². The van der Waals surface area contributed by atoms with Gasteiger partial charge in [-0.3, -0.25) is 10.1 Å². The molecular weight excluding hydrogens is 317 g/mol. The summed E-state index contributed by atoms with van der Waals surface area (Å²) in [4.78, 5) is 22.9. The molecule has 7 heteroatoms. The maximum absolute atomic E-state index is 13.1. The highest BCUT2D eigenvalue weighted by atomic mass is 79.9. The van der Waals surface area contributed by atoms with Crippen molar-refractivity contribution < 1.29 is 14.0 Å². The summed E-state index contributed by atoms with van der Waals surface area (Å²) in [6.07, 6.45) is 0. The van der Waals surface area contributed by atoms with Gasteiger partial charge in [-0.15, -0.1) is 0 Å². The Kier molecular flexibility index (Phi) is 5.75. The molecule has 0 spiro atoms. The van der Waals surface area contributed by atoms with Gasteiger partial charge >= 0.3 is 6.03 Å². The van der Waals surface area contributed by atoms with Gasteiger partial charge in [0.05, 0.1) is 5.69 Å². The van der Waals surface area contributed by atoms with Crippen LogP contribution < -0.4 is 16.0 Å². The molecule has 0 radical (unpaired) electrons. The second-order valence-corrected chi connectivity index (χ2v) is 4.69. The van der Waals surface area contributed by atoms with Crippen LogP contribution in [0, 0.1) is 5.82 Å². The number of carbonyl (C=O) groups excluding carboxylic acids is 2. The van der Waals surface area contributed by atoms with E-state index in [1.807, 2.05) is 0 Å². The van der Waals surface area contributed by atoms with Crippen LogP contribution in [0.5, 0.6) is 0 Å². The number of benzene rings is 1. The second kappa shape index (κ2) is 7.08. The lowest BCUT2D eigenvalue weighted by atomic mass is 10.2. The largest absolute Gasteiger partial charge is 0.373 e. The summed E-state index contributed by atoms with van der Waals surface area (Å²) in [6.45, 7) is 3.75. The smallest absolute Gasteiger partial charge is 0.321 e. The molecule has 1 atom stereocenters. The molecule has 1 rings (SSSR count). The van der Waals surface area contributed by atoms with Crippen molar-refractivity contribution in [1.29, 1.82) is 0 Å². The number of hydrogen-bond acceptors (Lipinski definition) is 3. The minimum Gasteiger partial charge on any atom is -0.373 e. The maximum atomic E-state index is 13.1. The predicted molar refractivity (Wildman–Crippen MR) is 74.4 cm³/mol. The number of carbonyl (C=O) groups is 2. The van der Waals surface area contributed by atoms with Gasteiger partial charge in [-0.25, -0.2) is 9.18 Å². The van der Waals surface area contributed by atoms with Crippen LogP contribution >= 0.6 is 15.9 Å². The topological polar surface area (TPSA) is 70.2 Å². The first-order valence-electron chi connectivity index (χ1n) is 5.74. The van der Waals surface area contributed by atoms with E-state index >= 15 is 0 Å². The van der Waals surface area contributed by atoms with Crippen molar-refractivity contribution in [2.75, 3.05) is 11.9 Å². The average Bonchev–Trinajstić information content (AvgIpc) is 2.34. The highest BCUT2D eigenvalue weighted by Crippen LogP contribution is 2.23. The number of amides is 3. The van der Waals surface area contributed by atoms with Crippen molar-refractivity contribution in [2.24, 2.45) is 0 Å². The molecule has 3 amide bonds. The van der Waals surface area contributed by atoms with Crippen LogP contribution in [0.3, 0.4) is 0 Å². The molecule has 1 aromatic rings. The fourth-order valence-electron chi connectivity index (χ4n) is 1.33. The summed E-state index contributed by atoms with van der Waals surface area (Å²) in [5.74, 6) is -0.913. The van der Waals surface area contributed by atoms with Crippen molar-refractivity contribution in [3.63, 3.8) is 0 Å². The first-order valence-corrected chi connectivity index (χ1v) is 6.53. The minimum atomic E-state index is -0.680. The Morgan fingerprint density at radius 1 is 1.42 bits per heavy atom. The number of rotatable bonds is 4. The van der Waals surface area contributed by atoms with Crippen LogP contribution in [0.15, 0.2) is 22.7 Å². The van der Waals surface area contributed by atoms with E-state index in [0.717, 1.165) is 0 Å². The molecule has 1 unspecified atom stereocenters. The van der Waals surface area contributed by atoms with Crippen LogP contribution in [0.25, 0.3) is 0 Å². The molecule has 0 aliphatic carbocycles. The summed E-state index contributed by atoms with van der Waals surface area (Å²) in [5.41, 5.74) is 0.443. The molecule has 104 valence electrons. The van der Waals surface area contributed by atoms with Gasteiger partial charge in [-0.1, -0.05) is 0 Å². The fraction of sp³-hybridized carbons (Fsp3) is 0.333.